The zero-order chi connectivity index (χ0) is 34.6. The Bertz CT molecular complexity index is 1400. The van der Waals surface area contributed by atoms with Crippen molar-refractivity contribution in [2.24, 2.45) is 17.8 Å². The fourth-order valence-corrected chi connectivity index (χ4v) is 6.85. The molecule has 0 radical (unpaired) electrons. The minimum Gasteiger partial charge on any atom is -0.460 e. The van der Waals surface area contributed by atoms with Gasteiger partial charge in [0.05, 0.1) is 5.92 Å². The van der Waals surface area contributed by atoms with E-state index >= 15 is 0 Å². The molecule has 0 bridgehead atoms. The first-order valence-electron chi connectivity index (χ1n) is 18.0. The quantitative estimate of drug-likeness (QED) is 0.152. The number of carbonyl (C=O) groups excluding carboxylic acids is 3. The maximum Gasteiger partial charge on any atom is 0.309 e. The van der Waals surface area contributed by atoms with Crippen molar-refractivity contribution in [3.63, 3.8) is 0 Å². The van der Waals surface area contributed by atoms with Crippen molar-refractivity contribution in [3.8, 4) is 0 Å². The zero-order valence-corrected chi connectivity index (χ0v) is 30.4. The molecule has 5 heteroatoms. The maximum atomic E-state index is 13.8. The van der Waals surface area contributed by atoms with Gasteiger partial charge in [0.15, 0.2) is 11.6 Å². The topological polar surface area (TPSA) is 63.7 Å². The second-order valence-corrected chi connectivity index (χ2v) is 14.1. The van der Waals surface area contributed by atoms with Gasteiger partial charge in [-0.15, -0.1) is 0 Å². The van der Waals surface area contributed by atoms with Crippen LogP contribution in [-0.2, 0) is 27.2 Å². The lowest BCUT2D eigenvalue weighted by molar-refractivity contribution is -0.161. The number of benzene rings is 2. The fourth-order valence-electron chi connectivity index (χ4n) is 6.85. The Kier molecular flexibility index (Phi) is 14.7. The molecule has 1 fully saturated rings. The third kappa shape index (κ3) is 11.0. The molecule has 0 unspecified atom stereocenters. The number of hydrogen-bond donors (Lipinski definition) is 0. The van der Waals surface area contributed by atoms with Gasteiger partial charge in [-0.1, -0.05) is 76.3 Å². The summed E-state index contributed by atoms with van der Waals surface area (Å²) in [6, 6.07) is 14.6. The molecule has 2 aliphatic carbocycles. The predicted octanol–water partition coefficient (Wildman–Crippen LogP) is 9.84. The second-order valence-electron chi connectivity index (χ2n) is 14.1. The van der Waals surface area contributed by atoms with Gasteiger partial charge in [0.1, 0.15) is 5.60 Å². The minimum atomic E-state index is -0.483. The lowest BCUT2D eigenvalue weighted by atomic mass is 9.74. The van der Waals surface area contributed by atoms with Gasteiger partial charge >= 0.3 is 5.97 Å². The van der Waals surface area contributed by atoms with E-state index in [0.717, 1.165) is 74.7 Å². The van der Waals surface area contributed by atoms with Crippen LogP contribution < -0.4 is 4.90 Å². The Balaban J connectivity index is 0.00000294. The number of ketones is 2. The van der Waals surface area contributed by atoms with Gasteiger partial charge in [-0.2, -0.15) is 0 Å². The predicted molar refractivity (Wildman–Crippen MR) is 195 cm³/mol. The lowest BCUT2D eigenvalue weighted by Crippen LogP contribution is -2.33. The smallest absolute Gasteiger partial charge is 0.309 e. The lowest BCUT2D eigenvalue weighted by Gasteiger charge is -2.32. The van der Waals surface area contributed by atoms with Gasteiger partial charge in [-0.3, -0.25) is 14.4 Å². The first-order valence-corrected chi connectivity index (χ1v) is 18.0. The molecule has 0 aliphatic heterocycles. The number of aryl methyl sites for hydroxylation is 2. The fraction of sp³-hybridized carbons (Fsp3) is 0.548. The van der Waals surface area contributed by atoms with Crippen LogP contribution in [0.2, 0.25) is 0 Å². The first-order chi connectivity index (χ1) is 22.5. The summed E-state index contributed by atoms with van der Waals surface area (Å²) < 4.78 is 5.62. The van der Waals surface area contributed by atoms with E-state index in [1.54, 1.807) is 0 Å². The van der Waals surface area contributed by atoms with Gasteiger partial charge in [0, 0.05) is 36.7 Å². The highest BCUT2D eigenvalue weighted by atomic mass is 16.6. The number of Topliss-reactive ketones (excluding diaryl/α,β-unsaturated/α-hetero) is 2. The van der Waals surface area contributed by atoms with Crippen molar-refractivity contribution in [2.75, 3.05) is 18.0 Å². The molecule has 2 aromatic rings. The molecular weight excluding hydrogens is 582 g/mol. The summed E-state index contributed by atoms with van der Waals surface area (Å²) >= 11 is 0. The molecule has 47 heavy (non-hydrogen) atoms. The Morgan fingerprint density at radius 3 is 2.28 bits per heavy atom. The molecule has 1 atom stereocenters. The van der Waals surface area contributed by atoms with Crippen LogP contribution in [0.3, 0.4) is 0 Å². The average Bonchev–Trinajstić information content (AvgIpc) is 3.60. The largest absolute Gasteiger partial charge is 0.460 e. The summed E-state index contributed by atoms with van der Waals surface area (Å²) in [6.45, 7) is 18.0. The molecule has 0 saturated heterocycles. The molecule has 5 nitrogen and oxygen atoms in total. The SMILES string of the molecule is CC.CCCN(CCCc1ccc(C(=O)[C@@H](C)C2CCC(C(=O)OC(C)(C)C)CC2)cc1CC(=O)C1=CC=CC1)c1ccccc1C. The molecule has 256 valence electrons. The molecule has 0 N–H and O–H groups in total. The van der Waals surface area contributed by atoms with Gasteiger partial charge < -0.3 is 9.64 Å². The van der Waals surface area contributed by atoms with E-state index in [1.807, 2.05) is 71.9 Å². The molecule has 2 aliphatic rings. The van der Waals surface area contributed by atoms with Crippen LogP contribution in [0.25, 0.3) is 0 Å². The molecule has 0 spiro atoms. The number of rotatable bonds is 14. The van der Waals surface area contributed by atoms with Crippen molar-refractivity contribution >= 4 is 23.2 Å². The molecular formula is C42H59NO4. The van der Waals surface area contributed by atoms with E-state index in [9.17, 15) is 14.4 Å². The Labute approximate surface area is 284 Å². The number of esters is 1. The standard InChI is InChI=1S/C40H53NO4.C2H6/c1-7-24-41(36-17-11-8-13-28(36)2)25-12-16-31-20-23-34(26-35(31)27-37(42)32-14-9-10-15-32)38(43)29(3)30-18-21-33(22-19-30)39(44)45-40(4,5)6;1-2/h8-11,13-14,17,20,23,26,29-30,33H,7,12,15-16,18-19,21-22,24-25,27H2,1-6H3;1-2H3/t29-,30?,33?;/m0./s1. The number of allylic oxidation sites excluding steroid dienone is 4. The number of nitrogens with zero attached hydrogens (tertiary/aromatic N) is 1. The third-order valence-electron chi connectivity index (χ3n) is 9.43. The number of carbonyl (C=O) groups is 3. The van der Waals surface area contributed by atoms with Crippen LogP contribution in [0.4, 0.5) is 5.69 Å². The zero-order valence-electron chi connectivity index (χ0n) is 30.4. The van der Waals surface area contributed by atoms with E-state index < -0.39 is 5.60 Å². The van der Waals surface area contributed by atoms with Crippen molar-refractivity contribution in [3.05, 3.63) is 88.5 Å². The van der Waals surface area contributed by atoms with Crippen molar-refractivity contribution in [1.29, 1.82) is 0 Å². The van der Waals surface area contributed by atoms with Gasteiger partial charge in [-0.05, 0) is 119 Å². The molecule has 0 aromatic heterocycles. The molecule has 0 amide bonds. The molecule has 4 rings (SSSR count). The summed E-state index contributed by atoms with van der Waals surface area (Å²) in [5, 5.41) is 0. The normalized spacial score (nSPS) is 18.1. The summed E-state index contributed by atoms with van der Waals surface area (Å²) in [4.78, 5) is 42.1. The van der Waals surface area contributed by atoms with Crippen molar-refractivity contribution in [2.45, 2.75) is 119 Å². The van der Waals surface area contributed by atoms with E-state index in [1.165, 1.54) is 11.3 Å². The van der Waals surface area contributed by atoms with E-state index in [0.29, 0.717) is 18.4 Å². The van der Waals surface area contributed by atoms with Crippen LogP contribution in [-0.4, -0.2) is 36.2 Å². The number of para-hydroxylation sites is 1. The van der Waals surface area contributed by atoms with Crippen LogP contribution in [0, 0.1) is 24.7 Å². The highest BCUT2D eigenvalue weighted by Crippen LogP contribution is 2.36. The second kappa shape index (κ2) is 18.2. The first kappa shape index (κ1) is 38.0. The molecule has 1 saturated carbocycles. The monoisotopic (exact) mass is 641 g/mol. The highest BCUT2D eigenvalue weighted by molar-refractivity contribution is 6.00. The summed E-state index contributed by atoms with van der Waals surface area (Å²) in [5.74, 6) is 0.157. The average molecular weight is 642 g/mol. The van der Waals surface area contributed by atoms with E-state index in [4.69, 9.17) is 4.74 Å². The Morgan fingerprint density at radius 1 is 0.957 bits per heavy atom. The van der Waals surface area contributed by atoms with Crippen LogP contribution in [0.1, 0.15) is 120 Å². The molecule has 0 heterocycles. The Morgan fingerprint density at radius 2 is 1.66 bits per heavy atom. The van der Waals surface area contributed by atoms with Crippen molar-refractivity contribution in [1.82, 2.24) is 0 Å². The highest BCUT2D eigenvalue weighted by Gasteiger charge is 2.34. The Hall–Kier alpha value is -3.47. The van der Waals surface area contributed by atoms with Crippen molar-refractivity contribution < 1.29 is 19.1 Å². The summed E-state index contributed by atoms with van der Waals surface area (Å²) in [7, 11) is 0. The van der Waals surface area contributed by atoms with Gasteiger partial charge in [0.2, 0.25) is 0 Å². The third-order valence-corrected chi connectivity index (χ3v) is 9.43. The summed E-state index contributed by atoms with van der Waals surface area (Å²) in [6.07, 6.45) is 13.0. The summed E-state index contributed by atoms with van der Waals surface area (Å²) in [5.41, 5.74) is 5.73. The number of hydrogen-bond acceptors (Lipinski definition) is 5. The van der Waals surface area contributed by atoms with E-state index in [2.05, 4.69) is 49.1 Å². The van der Waals surface area contributed by atoms with Crippen LogP contribution >= 0.6 is 0 Å². The van der Waals surface area contributed by atoms with Gasteiger partial charge in [-0.25, -0.2) is 0 Å². The van der Waals surface area contributed by atoms with Crippen LogP contribution in [0.5, 0.6) is 0 Å². The number of ether oxygens (including phenoxy) is 1. The molecule has 2 aromatic carbocycles. The van der Waals surface area contributed by atoms with Gasteiger partial charge in [0.25, 0.3) is 0 Å². The van der Waals surface area contributed by atoms with E-state index in [-0.39, 0.29) is 35.3 Å². The maximum absolute atomic E-state index is 13.8. The number of anilines is 1. The van der Waals surface area contributed by atoms with Crippen LogP contribution in [0.15, 0.2) is 66.3 Å². The minimum absolute atomic E-state index is 0.0851.